The van der Waals surface area contributed by atoms with Crippen LogP contribution in [-0.4, -0.2) is 46.7 Å². The Morgan fingerprint density at radius 2 is 1.61 bits per heavy atom. The van der Waals surface area contributed by atoms with E-state index >= 15 is 0 Å². The first-order valence-corrected chi connectivity index (χ1v) is 9.38. The second kappa shape index (κ2) is 6.15. The van der Waals surface area contributed by atoms with Crippen molar-refractivity contribution in [3.8, 4) is 0 Å². The number of imide groups is 1. The van der Waals surface area contributed by atoms with Gasteiger partial charge in [0, 0.05) is 18.5 Å². The molecule has 1 aromatic heterocycles. The standard InChI is InChI=1S/C21H18N2O5/c24-18(16-9-12-5-1-4-8-17(12)28-21(16)27)22-10-13(11-22)23-19(25)14-6-2-3-7-15(14)20(23)26/h1-5,8-9,13-15H,6-7,10-11H2/t14-,15+. The van der Waals surface area contributed by atoms with Gasteiger partial charge in [-0.05, 0) is 25.0 Å². The number of para-hydroxylation sites is 1. The molecule has 3 aliphatic rings. The molecule has 2 saturated heterocycles. The first kappa shape index (κ1) is 16.9. The van der Waals surface area contributed by atoms with Crippen LogP contribution in [0.3, 0.4) is 0 Å². The van der Waals surface area contributed by atoms with Crippen LogP contribution in [0.5, 0.6) is 0 Å². The van der Waals surface area contributed by atoms with Gasteiger partial charge in [0.15, 0.2) is 0 Å². The van der Waals surface area contributed by atoms with Crippen LogP contribution in [0.4, 0.5) is 0 Å². The number of hydrogen-bond donors (Lipinski definition) is 0. The molecule has 0 saturated carbocycles. The fourth-order valence-corrected chi connectivity index (χ4v) is 4.35. The number of fused-ring (bicyclic) bond motifs is 2. The van der Waals surface area contributed by atoms with E-state index in [0.29, 0.717) is 23.8 Å². The normalized spacial score (nSPS) is 24.6. The van der Waals surface area contributed by atoms with Gasteiger partial charge in [0.05, 0.1) is 17.9 Å². The van der Waals surface area contributed by atoms with Crippen molar-refractivity contribution in [2.75, 3.05) is 13.1 Å². The average molecular weight is 378 g/mol. The number of carbonyl (C=O) groups excluding carboxylic acids is 3. The zero-order valence-electron chi connectivity index (χ0n) is 15.0. The lowest BCUT2D eigenvalue weighted by molar-refractivity contribution is -0.145. The van der Waals surface area contributed by atoms with Crippen LogP contribution in [0, 0.1) is 11.8 Å². The molecule has 2 atom stereocenters. The highest BCUT2D eigenvalue weighted by atomic mass is 16.4. The third-order valence-corrected chi connectivity index (χ3v) is 5.93. The molecule has 3 heterocycles. The Kier molecular flexibility index (Phi) is 3.72. The van der Waals surface area contributed by atoms with Crippen molar-refractivity contribution in [1.82, 2.24) is 9.80 Å². The van der Waals surface area contributed by atoms with Gasteiger partial charge in [-0.2, -0.15) is 0 Å². The lowest BCUT2D eigenvalue weighted by atomic mass is 9.85. The minimum Gasteiger partial charge on any atom is -0.422 e. The van der Waals surface area contributed by atoms with Crippen LogP contribution in [0.1, 0.15) is 23.2 Å². The summed E-state index contributed by atoms with van der Waals surface area (Å²) in [7, 11) is 0. The Balaban J connectivity index is 1.33. The van der Waals surface area contributed by atoms with Crippen LogP contribution in [0.25, 0.3) is 11.0 Å². The van der Waals surface area contributed by atoms with Crippen molar-refractivity contribution in [3.05, 3.63) is 58.5 Å². The Morgan fingerprint density at radius 3 is 2.29 bits per heavy atom. The largest absolute Gasteiger partial charge is 0.422 e. The summed E-state index contributed by atoms with van der Waals surface area (Å²) in [6, 6.07) is 8.21. The molecule has 142 valence electrons. The third kappa shape index (κ3) is 2.42. The molecule has 1 aliphatic carbocycles. The molecule has 28 heavy (non-hydrogen) atoms. The van der Waals surface area contributed by atoms with E-state index in [0.717, 1.165) is 0 Å². The zero-order chi connectivity index (χ0) is 19.4. The lowest BCUT2D eigenvalue weighted by Gasteiger charge is -2.43. The first-order valence-electron chi connectivity index (χ1n) is 9.38. The van der Waals surface area contributed by atoms with E-state index in [1.807, 2.05) is 12.2 Å². The number of rotatable bonds is 2. The molecule has 0 N–H and O–H groups in total. The minimum atomic E-state index is -0.683. The van der Waals surface area contributed by atoms with Crippen LogP contribution in [0.2, 0.25) is 0 Å². The van der Waals surface area contributed by atoms with E-state index < -0.39 is 11.5 Å². The number of nitrogens with zero attached hydrogens (tertiary/aromatic N) is 2. The van der Waals surface area contributed by atoms with Crippen molar-refractivity contribution in [2.24, 2.45) is 11.8 Å². The number of likely N-dealkylation sites (tertiary alicyclic amines) is 2. The van der Waals surface area contributed by atoms with Gasteiger partial charge in [-0.15, -0.1) is 0 Å². The van der Waals surface area contributed by atoms with E-state index in [1.165, 1.54) is 15.9 Å². The quantitative estimate of drug-likeness (QED) is 0.450. The molecule has 5 rings (SSSR count). The van der Waals surface area contributed by atoms with Gasteiger partial charge in [-0.25, -0.2) is 4.79 Å². The van der Waals surface area contributed by atoms with Crippen molar-refractivity contribution in [1.29, 1.82) is 0 Å². The number of amides is 3. The molecule has 0 radical (unpaired) electrons. The topological polar surface area (TPSA) is 87.9 Å². The highest BCUT2D eigenvalue weighted by Crippen LogP contribution is 2.37. The Bertz CT molecular complexity index is 1070. The summed E-state index contributed by atoms with van der Waals surface area (Å²) in [6.07, 6.45) is 5.09. The van der Waals surface area contributed by atoms with Crippen LogP contribution < -0.4 is 5.63 Å². The molecule has 2 aromatic rings. The maximum absolute atomic E-state index is 12.7. The number of carbonyl (C=O) groups is 3. The van der Waals surface area contributed by atoms with E-state index in [1.54, 1.807) is 24.3 Å². The van der Waals surface area contributed by atoms with Crippen LogP contribution in [0.15, 0.2) is 51.7 Å². The predicted molar refractivity (Wildman–Crippen MR) is 99.4 cm³/mol. The van der Waals surface area contributed by atoms with E-state index in [-0.39, 0.29) is 48.3 Å². The summed E-state index contributed by atoms with van der Waals surface area (Å²) in [5.74, 6) is -1.25. The number of allylic oxidation sites excluding steroid dienone is 2. The molecular formula is C21H18N2O5. The predicted octanol–water partition coefficient (Wildman–Crippen LogP) is 1.57. The molecule has 1 aromatic carbocycles. The summed E-state index contributed by atoms with van der Waals surface area (Å²) < 4.78 is 5.23. The van der Waals surface area contributed by atoms with Crippen LogP contribution in [-0.2, 0) is 9.59 Å². The first-order chi connectivity index (χ1) is 13.5. The summed E-state index contributed by atoms with van der Waals surface area (Å²) in [4.78, 5) is 53.0. The van der Waals surface area contributed by atoms with E-state index in [4.69, 9.17) is 4.42 Å². The second-order valence-corrected chi connectivity index (χ2v) is 7.55. The molecule has 0 unspecified atom stereocenters. The second-order valence-electron chi connectivity index (χ2n) is 7.55. The fourth-order valence-electron chi connectivity index (χ4n) is 4.35. The summed E-state index contributed by atoms with van der Waals surface area (Å²) in [5, 5.41) is 0.670. The van der Waals surface area contributed by atoms with Crippen molar-refractivity contribution < 1.29 is 18.8 Å². The summed E-state index contributed by atoms with van der Waals surface area (Å²) in [6.45, 7) is 0.491. The fraction of sp³-hybridized carbons (Fsp3) is 0.333. The molecule has 0 spiro atoms. The van der Waals surface area contributed by atoms with Gasteiger partial charge >= 0.3 is 5.63 Å². The smallest absolute Gasteiger partial charge is 0.349 e. The molecular weight excluding hydrogens is 360 g/mol. The van der Waals surface area contributed by atoms with E-state index in [9.17, 15) is 19.2 Å². The Morgan fingerprint density at radius 1 is 0.964 bits per heavy atom. The highest BCUT2D eigenvalue weighted by Gasteiger charge is 2.52. The Labute approximate surface area is 160 Å². The Hall–Kier alpha value is -3.22. The minimum absolute atomic E-state index is 0.0332. The van der Waals surface area contributed by atoms with Gasteiger partial charge < -0.3 is 9.32 Å². The molecule has 2 aliphatic heterocycles. The summed E-state index contributed by atoms with van der Waals surface area (Å²) in [5.41, 5.74) is -0.290. The van der Waals surface area contributed by atoms with Crippen molar-refractivity contribution in [3.63, 3.8) is 0 Å². The highest BCUT2D eigenvalue weighted by molar-refractivity contribution is 6.06. The maximum Gasteiger partial charge on any atom is 0.349 e. The van der Waals surface area contributed by atoms with Crippen molar-refractivity contribution >= 4 is 28.7 Å². The zero-order valence-corrected chi connectivity index (χ0v) is 15.0. The van der Waals surface area contributed by atoms with Gasteiger partial charge in [-0.1, -0.05) is 30.4 Å². The number of benzene rings is 1. The van der Waals surface area contributed by atoms with Crippen molar-refractivity contribution in [2.45, 2.75) is 18.9 Å². The van der Waals surface area contributed by atoms with Gasteiger partial charge in [0.2, 0.25) is 11.8 Å². The average Bonchev–Trinajstić information content (AvgIpc) is 2.92. The molecule has 0 bridgehead atoms. The van der Waals surface area contributed by atoms with E-state index in [2.05, 4.69) is 0 Å². The molecule has 2 fully saturated rings. The van der Waals surface area contributed by atoms with Gasteiger partial charge in [0.25, 0.3) is 5.91 Å². The molecule has 3 amide bonds. The van der Waals surface area contributed by atoms with Gasteiger partial charge in [-0.3, -0.25) is 19.3 Å². The lowest BCUT2D eigenvalue weighted by Crippen LogP contribution is -2.62. The summed E-state index contributed by atoms with van der Waals surface area (Å²) >= 11 is 0. The van der Waals surface area contributed by atoms with Gasteiger partial charge in [0.1, 0.15) is 11.1 Å². The maximum atomic E-state index is 12.7. The monoisotopic (exact) mass is 378 g/mol. The molecule has 7 nitrogen and oxygen atoms in total. The third-order valence-electron chi connectivity index (χ3n) is 5.93. The van der Waals surface area contributed by atoms with Crippen LogP contribution >= 0.6 is 0 Å². The molecule has 7 heteroatoms. The number of hydrogen-bond acceptors (Lipinski definition) is 5. The SMILES string of the molecule is O=C(c1cc2ccccc2oc1=O)N1CC(N2C(=O)[C@H]3CC=CC[C@H]3C2=O)C1.